The highest BCUT2D eigenvalue weighted by atomic mass is 35.5. The van der Waals surface area contributed by atoms with Crippen molar-refractivity contribution in [3.8, 4) is 0 Å². The van der Waals surface area contributed by atoms with Crippen LogP contribution in [-0.2, 0) is 10.9 Å². The van der Waals surface area contributed by atoms with Crippen molar-refractivity contribution in [2.24, 2.45) is 0 Å². The number of alkyl halides is 3. The molecule has 17 heavy (non-hydrogen) atoms. The van der Waals surface area contributed by atoms with Gasteiger partial charge in [-0.15, -0.1) is 0 Å². The lowest BCUT2D eigenvalue weighted by Gasteiger charge is -2.13. The number of hydrogen-bond donors (Lipinski definition) is 0. The number of benzene rings is 1. The molecule has 1 aromatic carbocycles. The summed E-state index contributed by atoms with van der Waals surface area (Å²) < 4.78 is 42.5. The van der Waals surface area contributed by atoms with Crippen LogP contribution >= 0.6 is 23.2 Å². The van der Waals surface area contributed by atoms with Gasteiger partial charge in [-0.25, -0.2) is 4.79 Å². The second kappa shape index (κ2) is 5.14. The average molecular weight is 287 g/mol. The molecule has 0 aliphatic rings. The molecule has 0 fully saturated rings. The summed E-state index contributed by atoms with van der Waals surface area (Å²) in [4.78, 5) is 11.4. The summed E-state index contributed by atoms with van der Waals surface area (Å²) in [6.07, 6.45) is -4.70. The number of halogens is 5. The molecule has 0 N–H and O–H groups in total. The van der Waals surface area contributed by atoms with Crippen LogP contribution in [0.4, 0.5) is 13.2 Å². The molecule has 0 radical (unpaired) electrons. The quantitative estimate of drug-likeness (QED) is 0.762. The van der Waals surface area contributed by atoms with Gasteiger partial charge in [-0.05, 0) is 19.1 Å². The Kier molecular flexibility index (Phi) is 4.27. The predicted molar refractivity (Wildman–Crippen MR) is 57.4 cm³/mol. The Hall–Kier alpha value is -0.940. The highest BCUT2D eigenvalue weighted by molar-refractivity contribution is 6.42. The van der Waals surface area contributed by atoms with Gasteiger partial charge in [-0.2, -0.15) is 13.2 Å². The summed E-state index contributed by atoms with van der Waals surface area (Å²) in [6.45, 7) is 1.46. The van der Waals surface area contributed by atoms with Gasteiger partial charge in [-0.3, -0.25) is 0 Å². The van der Waals surface area contributed by atoms with Crippen molar-refractivity contribution in [2.75, 3.05) is 6.61 Å². The van der Waals surface area contributed by atoms with Gasteiger partial charge in [0.25, 0.3) is 0 Å². The molecule has 0 aliphatic heterocycles. The zero-order chi connectivity index (χ0) is 13.2. The van der Waals surface area contributed by atoms with Gasteiger partial charge in [-0.1, -0.05) is 23.2 Å². The zero-order valence-corrected chi connectivity index (χ0v) is 10.1. The fourth-order valence-electron chi connectivity index (χ4n) is 1.16. The van der Waals surface area contributed by atoms with E-state index in [2.05, 4.69) is 4.74 Å². The molecule has 0 atom stereocenters. The van der Waals surface area contributed by atoms with Crippen LogP contribution < -0.4 is 0 Å². The van der Waals surface area contributed by atoms with Crippen molar-refractivity contribution in [3.63, 3.8) is 0 Å². The first-order valence-electron chi connectivity index (χ1n) is 4.50. The van der Waals surface area contributed by atoms with E-state index in [0.29, 0.717) is 6.07 Å². The molecule has 2 nitrogen and oxygen atoms in total. The Morgan fingerprint density at radius 3 is 2.29 bits per heavy atom. The maximum atomic E-state index is 12.7. The largest absolute Gasteiger partial charge is 0.462 e. The molecule has 0 aliphatic carbocycles. The van der Waals surface area contributed by atoms with Crippen molar-refractivity contribution in [1.82, 2.24) is 0 Å². The van der Waals surface area contributed by atoms with E-state index in [1.54, 1.807) is 0 Å². The van der Waals surface area contributed by atoms with E-state index in [1.165, 1.54) is 6.92 Å². The molecule has 0 saturated carbocycles. The van der Waals surface area contributed by atoms with E-state index in [1.807, 2.05) is 0 Å². The van der Waals surface area contributed by atoms with Crippen molar-refractivity contribution in [1.29, 1.82) is 0 Å². The number of carbonyl (C=O) groups excluding carboxylic acids is 1. The van der Waals surface area contributed by atoms with Crippen LogP contribution in [0.25, 0.3) is 0 Å². The SMILES string of the molecule is CCOC(=O)c1cc(Cl)c(Cl)cc1C(F)(F)F. The monoisotopic (exact) mass is 286 g/mol. The minimum absolute atomic E-state index is 0.0314. The van der Waals surface area contributed by atoms with Crippen molar-refractivity contribution >= 4 is 29.2 Å². The van der Waals surface area contributed by atoms with Crippen molar-refractivity contribution < 1.29 is 22.7 Å². The zero-order valence-electron chi connectivity index (χ0n) is 8.57. The minimum Gasteiger partial charge on any atom is -0.462 e. The Morgan fingerprint density at radius 2 is 1.82 bits per heavy atom. The van der Waals surface area contributed by atoms with Crippen LogP contribution in [0.5, 0.6) is 0 Å². The summed E-state index contributed by atoms with van der Waals surface area (Å²) in [5, 5.41) is -0.408. The van der Waals surface area contributed by atoms with Crippen LogP contribution in [0.1, 0.15) is 22.8 Å². The van der Waals surface area contributed by atoms with Crippen LogP contribution in [0, 0.1) is 0 Å². The summed E-state index contributed by atoms with van der Waals surface area (Å²) in [5.74, 6) is -1.08. The lowest BCUT2D eigenvalue weighted by molar-refractivity contribution is -0.138. The second-order valence-electron chi connectivity index (χ2n) is 3.03. The summed E-state index contributed by atoms with van der Waals surface area (Å²) in [7, 11) is 0. The topological polar surface area (TPSA) is 26.3 Å². The third-order valence-corrected chi connectivity index (χ3v) is 2.58. The van der Waals surface area contributed by atoms with Crippen LogP contribution in [0.15, 0.2) is 12.1 Å². The summed E-state index contributed by atoms with van der Waals surface area (Å²) in [6, 6.07) is 1.46. The molecule has 7 heteroatoms. The molecular weight excluding hydrogens is 280 g/mol. The Balaban J connectivity index is 3.36. The maximum absolute atomic E-state index is 12.7. The molecule has 0 unspecified atom stereocenters. The molecule has 0 spiro atoms. The van der Waals surface area contributed by atoms with E-state index in [4.69, 9.17) is 23.2 Å². The number of rotatable bonds is 2. The second-order valence-corrected chi connectivity index (χ2v) is 3.84. The van der Waals surface area contributed by atoms with Gasteiger partial charge < -0.3 is 4.74 Å². The van der Waals surface area contributed by atoms with Crippen LogP contribution in [-0.4, -0.2) is 12.6 Å². The first-order chi connectivity index (χ1) is 7.77. The first kappa shape index (κ1) is 14.1. The van der Waals surface area contributed by atoms with Gasteiger partial charge in [0.05, 0.1) is 27.8 Å². The molecule has 0 saturated heterocycles. The Labute approximate surface area is 105 Å². The standard InChI is InChI=1S/C10H7Cl2F3O2/c1-2-17-9(16)5-3-7(11)8(12)4-6(5)10(13,14)15/h3-4H,2H2,1H3. The summed E-state index contributed by atoms with van der Waals surface area (Å²) >= 11 is 11.1. The first-order valence-corrected chi connectivity index (χ1v) is 5.26. The van der Waals surface area contributed by atoms with Crippen LogP contribution in [0.3, 0.4) is 0 Å². The van der Waals surface area contributed by atoms with Gasteiger partial charge in [0.15, 0.2) is 0 Å². The van der Waals surface area contributed by atoms with Crippen LogP contribution in [0.2, 0.25) is 10.0 Å². The number of esters is 1. The average Bonchev–Trinajstić information content (AvgIpc) is 2.20. The predicted octanol–water partition coefficient (Wildman–Crippen LogP) is 4.19. The molecule has 0 bridgehead atoms. The highest BCUT2D eigenvalue weighted by Crippen LogP contribution is 2.36. The lowest BCUT2D eigenvalue weighted by atomic mass is 10.1. The van der Waals surface area contributed by atoms with E-state index in [0.717, 1.165) is 6.07 Å². The van der Waals surface area contributed by atoms with Gasteiger partial charge in [0.2, 0.25) is 0 Å². The minimum atomic E-state index is -4.70. The third-order valence-electron chi connectivity index (χ3n) is 1.86. The Bertz CT molecular complexity index is 444. The Morgan fingerprint density at radius 1 is 1.29 bits per heavy atom. The smallest absolute Gasteiger partial charge is 0.417 e. The molecule has 0 aromatic heterocycles. The molecular formula is C10H7Cl2F3O2. The lowest BCUT2D eigenvalue weighted by Crippen LogP contribution is -2.15. The molecule has 1 aromatic rings. The number of hydrogen-bond acceptors (Lipinski definition) is 2. The summed E-state index contributed by atoms with van der Waals surface area (Å²) in [5.41, 5.74) is -1.81. The van der Waals surface area contributed by atoms with Crippen molar-refractivity contribution in [3.05, 3.63) is 33.3 Å². The molecule has 0 amide bonds. The van der Waals surface area contributed by atoms with E-state index < -0.39 is 23.3 Å². The fourth-order valence-corrected chi connectivity index (χ4v) is 1.49. The van der Waals surface area contributed by atoms with Gasteiger partial charge >= 0.3 is 12.1 Å². The molecule has 94 valence electrons. The highest BCUT2D eigenvalue weighted by Gasteiger charge is 2.36. The van der Waals surface area contributed by atoms with Gasteiger partial charge in [0.1, 0.15) is 0 Å². The number of ether oxygens (including phenoxy) is 1. The van der Waals surface area contributed by atoms with Gasteiger partial charge in [0, 0.05) is 0 Å². The normalized spacial score (nSPS) is 11.4. The third kappa shape index (κ3) is 3.26. The fraction of sp³-hybridized carbons (Fsp3) is 0.300. The van der Waals surface area contributed by atoms with E-state index >= 15 is 0 Å². The molecule has 1 rings (SSSR count). The van der Waals surface area contributed by atoms with E-state index in [-0.39, 0.29) is 16.7 Å². The molecule has 0 heterocycles. The van der Waals surface area contributed by atoms with Crippen molar-refractivity contribution in [2.45, 2.75) is 13.1 Å². The number of carbonyl (C=O) groups is 1. The maximum Gasteiger partial charge on any atom is 0.417 e. The van der Waals surface area contributed by atoms with E-state index in [9.17, 15) is 18.0 Å².